The molecule has 0 fully saturated rings. The fourth-order valence-corrected chi connectivity index (χ4v) is 3.30. The van der Waals surface area contributed by atoms with E-state index in [9.17, 15) is 0 Å². The summed E-state index contributed by atoms with van der Waals surface area (Å²) >= 11 is 5.44. The van der Waals surface area contributed by atoms with Gasteiger partial charge in [-0.15, -0.1) is 0 Å². The molecule has 0 atom stereocenters. The van der Waals surface area contributed by atoms with Gasteiger partial charge in [-0.1, -0.05) is 63.2 Å². The molecule has 0 bridgehead atoms. The van der Waals surface area contributed by atoms with Gasteiger partial charge in [0.05, 0.1) is 18.5 Å². The lowest BCUT2D eigenvalue weighted by Crippen LogP contribution is -2.32. The van der Waals surface area contributed by atoms with Gasteiger partial charge in [-0.2, -0.15) is 0 Å². The summed E-state index contributed by atoms with van der Waals surface area (Å²) in [5.74, 6) is 0.735. The Hall–Kier alpha value is -2.59. The minimum absolute atomic E-state index is 0.00165. The largest absolute Gasteiger partial charge is 0.495 e. The van der Waals surface area contributed by atoms with Gasteiger partial charge < -0.3 is 10.5 Å². The van der Waals surface area contributed by atoms with Gasteiger partial charge in [0.1, 0.15) is 5.75 Å². The average molecular weight is 365 g/mol. The monoisotopic (exact) mass is 364 g/mol. The fourth-order valence-electron chi connectivity index (χ4n) is 3.10. The Bertz CT molecular complexity index is 955. The van der Waals surface area contributed by atoms with E-state index in [1.807, 2.05) is 35.2 Å². The number of nitrogens with zero attached hydrogens (tertiary/aromatic N) is 1. The molecule has 0 saturated heterocycles. The van der Waals surface area contributed by atoms with Crippen molar-refractivity contribution in [2.24, 2.45) is 5.73 Å². The average Bonchev–Trinajstić information content (AvgIpc) is 2.61. The zero-order valence-corrected chi connectivity index (χ0v) is 16.4. The molecular weight excluding hydrogens is 340 g/mol. The zero-order valence-electron chi connectivity index (χ0n) is 15.6. The molecule has 0 heterocycles. The molecule has 0 aliphatic carbocycles. The Morgan fingerprint density at radius 3 is 2.31 bits per heavy atom. The van der Waals surface area contributed by atoms with Crippen LogP contribution in [0.2, 0.25) is 0 Å². The van der Waals surface area contributed by atoms with E-state index in [-0.39, 0.29) is 10.5 Å². The minimum atomic E-state index is 0.00165. The molecule has 0 aliphatic heterocycles. The number of anilines is 2. The Balaban J connectivity index is 2.28. The highest BCUT2D eigenvalue weighted by Gasteiger charge is 2.22. The maximum absolute atomic E-state index is 6.18. The molecule has 0 spiro atoms. The van der Waals surface area contributed by atoms with Crippen LogP contribution in [-0.4, -0.2) is 12.2 Å². The quantitative estimate of drug-likeness (QED) is 0.620. The minimum Gasteiger partial charge on any atom is -0.495 e. The molecule has 3 aromatic rings. The van der Waals surface area contributed by atoms with Crippen LogP contribution >= 0.6 is 12.2 Å². The van der Waals surface area contributed by atoms with Crippen molar-refractivity contribution < 1.29 is 4.74 Å². The number of hydrogen-bond donors (Lipinski definition) is 1. The fraction of sp³-hybridized carbons (Fsp3) is 0.227. The molecule has 26 heavy (non-hydrogen) atoms. The molecular formula is C22H24N2OS. The van der Waals surface area contributed by atoms with Crippen LogP contribution < -0.4 is 15.4 Å². The van der Waals surface area contributed by atoms with Crippen molar-refractivity contribution in [3.05, 3.63) is 66.2 Å². The van der Waals surface area contributed by atoms with Crippen molar-refractivity contribution in [3.63, 3.8) is 0 Å². The molecule has 3 aromatic carbocycles. The first-order chi connectivity index (χ1) is 12.3. The van der Waals surface area contributed by atoms with Crippen molar-refractivity contribution in [1.82, 2.24) is 0 Å². The summed E-state index contributed by atoms with van der Waals surface area (Å²) in [4.78, 5) is 1.89. The Labute approximate surface area is 160 Å². The summed E-state index contributed by atoms with van der Waals surface area (Å²) in [7, 11) is 1.66. The summed E-state index contributed by atoms with van der Waals surface area (Å²) in [6.07, 6.45) is 0. The highest BCUT2D eigenvalue weighted by atomic mass is 32.1. The Kier molecular flexibility index (Phi) is 4.88. The van der Waals surface area contributed by atoms with Gasteiger partial charge in [0, 0.05) is 5.39 Å². The van der Waals surface area contributed by atoms with Crippen LogP contribution in [0.25, 0.3) is 10.8 Å². The van der Waals surface area contributed by atoms with Crippen LogP contribution in [-0.2, 0) is 5.41 Å². The number of thiocarbonyl (C=S) groups is 1. The number of hydrogen-bond acceptors (Lipinski definition) is 2. The molecule has 3 rings (SSSR count). The van der Waals surface area contributed by atoms with E-state index in [1.165, 1.54) is 5.56 Å². The lowest BCUT2D eigenvalue weighted by molar-refractivity contribution is 0.415. The molecule has 0 radical (unpaired) electrons. The van der Waals surface area contributed by atoms with Crippen molar-refractivity contribution in [3.8, 4) is 5.75 Å². The summed E-state index contributed by atoms with van der Waals surface area (Å²) in [6.45, 7) is 6.55. The van der Waals surface area contributed by atoms with Crippen molar-refractivity contribution >= 4 is 39.5 Å². The highest BCUT2D eigenvalue weighted by molar-refractivity contribution is 7.80. The lowest BCUT2D eigenvalue weighted by atomic mass is 9.86. The van der Waals surface area contributed by atoms with Gasteiger partial charge in [-0.05, 0) is 46.8 Å². The molecule has 0 saturated carbocycles. The number of rotatable bonds is 3. The maximum atomic E-state index is 6.18. The predicted octanol–water partition coefficient (Wildman–Crippen LogP) is 5.53. The molecule has 0 aromatic heterocycles. The Morgan fingerprint density at radius 2 is 1.65 bits per heavy atom. The first-order valence-electron chi connectivity index (χ1n) is 8.59. The van der Waals surface area contributed by atoms with Crippen LogP contribution in [0.3, 0.4) is 0 Å². The standard InChI is InChI=1S/C22H24N2OS/c1-22(2,3)16-12-13-20(25-4)19(14-16)24(21(23)26)18-11-7-9-15-8-5-6-10-17(15)18/h5-14H,1-4H3,(H2,23,26). The molecule has 2 N–H and O–H groups in total. The van der Waals surface area contributed by atoms with E-state index < -0.39 is 0 Å². The highest BCUT2D eigenvalue weighted by Crippen LogP contribution is 2.39. The number of ether oxygens (including phenoxy) is 1. The second kappa shape index (κ2) is 6.96. The number of methoxy groups -OCH3 is 1. The van der Waals surface area contributed by atoms with Crippen molar-refractivity contribution in [2.75, 3.05) is 12.0 Å². The molecule has 0 amide bonds. The van der Waals surface area contributed by atoms with E-state index in [4.69, 9.17) is 22.7 Å². The third-order valence-electron chi connectivity index (χ3n) is 4.51. The SMILES string of the molecule is COc1ccc(C(C)(C)C)cc1N(C(N)=S)c1cccc2ccccc12. The van der Waals surface area contributed by atoms with Gasteiger partial charge in [-0.25, -0.2) is 0 Å². The first kappa shape index (κ1) is 18.2. The third kappa shape index (κ3) is 3.37. The molecule has 3 nitrogen and oxygen atoms in total. The second-order valence-electron chi connectivity index (χ2n) is 7.31. The summed E-state index contributed by atoms with van der Waals surface area (Å²) in [5.41, 5.74) is 9.16. The number of fused-ring (bicyclic) bond motifs is 1. The first-order valence-corrected chi connectivity index (χ1v) is 8.99. The van der Waals surface area contributed by atoms with Crippen molar-refractivity contribution in [2.45, 2.75) is 26.2 Å². The molecule has 134 valence electrons. The van der Waals surface area contributed by atoms with E-state index in [0.29, 0.717) is 0 Å². The second-order valence-corrected chi connectivity index (χ2v) is 7.73. The smallest absolute Gasteiger partial charge is 0.175 e. The van der Waals surface area contributed by atoms with Crippen molar-refractivity contribution in [1.29, 1.82) is 0 Å². The van der Waals surface area contributed by atoms with Crippen LogP contribution in [0.15, 0.2) is 60.7 Å². The normalized spacial score (nSPS) is 11.4. The number of nitrogens with two attached hydrogens (primary N) is 1. The van der Waals surface area contributed by atoms with Crippen LogP contribution in [0, 0.1) is 0 Å². The van der Waals surface area contributed by atoms with Gasteiger partial charge in [0.15, 0.2) is 5.11 Å². The summed E-state index contributed by atoms with van der Waals surface area (Å²) < 4.78 is 5.62. The van der Waals surface area contributed by atoms with E-state index in [2.05, 4.69) is 51.1 Å². The van der Waals surface area contributed by atoms with Gasteiger partial charge in [0.2, 0.25) is 0 Å². The topological polar surface area (TPSA) is 38.5 Å². The van der Waals surface area contributed by atoms with E-state index in [1.54, 1.807) is 7.11 Å². The number of benzene rings is 3. The summed E-state index contributed by atoms with van der Waals surface area (Å²) in [6, 6.07) is 20.5. The van der Waals surface area contributed by atoms with E-state index in [0.717, 1.165) is 27.9 Å². The van der Waals surface area contributed by atoms with Gasteiger partial charge in [0.25, 0.3) is 0 Å². The molecule has 0 aliphatic rings. The zero-order chi connectivity index (χ0) is 18.9. The molecule has 0 unspecified atom stereocenters. The van der Waals surface area contributed by atoms with Gasteiger partial charge >= 0.3 is 0 Å². The van der Waals surface area contributed by atoms with Gasteiger partial charge in [-0.3, -0.25) is 4.90 Å². The summed E-state index contributed by atoms with van der Waals surface area (Å²) in [5, 5.41) is 2.51. The van der Waals surface area contributed by atoms with E-state index >= 15 is 0 Å². The van der Waals surface area contributed by atoms with Crippen LogP contribution in [0.5, 0.6) is 5.75 Å². The third-order valence-corrected chi connectivity index (χ3v) is 4.70. The van der Waals surface area contributed by atoms with Crippen LogP contribution in [0.4, 0.5) is 11.4 Å². The van der Waals surface area contributed by atoms with Crippen LogP contribution in [0.1, 0.15) is 26.3 Å². The lowest BCUT2D eigenvalue weighted by Gasteiger charge is -2.28. The maximum Gasteiger partial charge on any atom is 0.175 e. The molecule has 4 heteroatoms. The predicted molar refractivity (Wildman–Crippen MR) is 115 cm³/mol. The Morgan fingerprint density at radius 1 is 0.962 bits per heavy atom.